The molecule has 0 radical (unpaired) electrons. The molecule has 1 aromatic carbocycles. The first-order valence-corrected chi connectivity index (χ1v) is 12.3. The molecule has 1 amide bonds. The van der Waals surface area contributed by atoms with Gasteiger partial charge in [0.15, 0.2) is 6.61 Å². The lowest BCUT2D eigenvalue weighted by Gasteiger charge is -2.28. The van der Waals surface area contributed by atoms with E-state index in [1.807, 2.05) is 43.5 Å². The third-order valence-electron chi connectivity index (χ3n) is 6.03. The molecule has 0 spiro atoms. The summed E-state index contributed by atoms with van der Waals surface area (Å²) in [5.74, 6) is 0.552. The molecule has 1 fully saturated rings. The van der Waals surface area contributed by atoms with Crippen LogP contribution in [0.4, 0.5) is 0 Å². The largest absolute Gasteiger partial charge is 0.483 e. The molecule has 7 nitrogen and oxygen atoms in total. The number of nitrogens with one attached hydrogen (secondary N) is 2. The number of β-amino-alcohol motifs (C(OH)–C–C–N with tert-alkyl or cyclic N) is 1. The number of amides is 1. The molecule has 33 heavy (non-hydrogen) atoms. The monoisotopic (exact) mass is 472 g/mol. The second kappa shape index (κ2) is 13.0. The number of hydrogen-bond acceptors (Lipinski definition) is 7. The molecule has 1 aromatic rings. The minimum atomic E-state index is -0.394. The van der Waals surface area contributed by atoms with E-state index in [4.69, 9.17) is 4.74 Å². The number of likely N-dealkylation sites (N-methyl/N-ethyl adjacent to an activating group) is 1. The summed E-state index contributed by atoms with van der Waals surface area (Å²) in [6, 6.07) is 7.75. The topological polar surface area (TPSA) is 77.1 Å². The third kappa shape index (κ3) is 7.45. The molecule has 2 aliphatic heterocycles. The van der Waals surface area contributed by atoms with Crippen LogP contribution in [0.25, 0.3) is 0 Å². The van der Waals surface area contributed by atoms with Crippen molar-refractivity contribution in [1.29, 1.82) is 0 Å². The van der Waals surface area contributed by atoms with Crippen molar-refractivity contribution >= 4 is 17.9 Å². The fraction of sp³-hybridized carbons (Fsp3) is 0.480. The molecule has 2 heterocycles. The molecule has 2 unspecified atom stereocenters. The zero-order valence-corrected chi connectivity index (χ0v) is 20.3. The van der Waals surface area contributed by atoms with Crippen LogP contribution in [0.3, 0.4) is 0 Å². The highest BCUT2D eigenvalue weighted by Gasteiger charge is 2.31. The van der Waals surface area contributed by atoms with Crippen LogP contribution in [0.15, 0.2) is 65.6 Å². The van der Waals surface area contributed by atoms with Gasteiger partial charge in [0.1, 0.15) is 5.75 Å². The Balaban J connectivity index is 1.38. The molecule has 0 aliphatic carbocycles. The first-order chi connectivity index (χ1) is 16.0. The number of benzene rings is 1. The van der Waals surface area contributed by atoms with Crippen LogP contribution in [0.5, 0.6) is 5.75 Å². The predicted molar refractivity (Wildman–Crippen MR) is 134 cm³/mol. The second-order valence-electron chi connectivity index (χ2n) is 8.32. The number of aliphatic hydroxyl groups excluding tert-OH is 1. The molecule has 0 aromatic heterocycles. The van der Waals surface area contributed by atoms with E-state index < -0.39 is 6.10 Å². The molecule has 1 saturated heterocycles. The van der Waals surface area contributed by atoms with Gasteiger partial charge >= 0.3 is 0 Å². The number of carbonyl (C=O) groups is 1. The normalized spacial score (nSPS) is 21.8. The van der Waals surface area contributed by atoms with Crippen molar-refractivity contribution in [2.45, 2.75) is 29.9 Å². The summed E-state index contributed by atoms with van der Waals surface area (Å²) in [7, 11) is 1.86. The molecule has 180 valence electrons. The van der Waals surface area contributed by atoms with Crippen LogP contribution in [-0.2, 0) is 4.79 Å². The quantitative estimate of drug-likeness (QED) is 0.318. The van der Waals surface area contributed by atoms with E-state index in [0.717, 1.165) is 43.9 Å². The fourth-order valence-electron chi connectivity index (χ4n) is 4.10. The number of allylic oxidation sites excluding steroid dienone is 1. The zero-order chi connectivity index (χ0) is 23.6. The molecule has 0 bridgehead atoms. The van der Waals surface area contributed by atoms with Crippen LogP contribution in [0, 0.1) is 0 Å². The maximum Gasteiger partial charge on any atom is 0.257 e. The van der Waals surface area contributed by atoms with Crippen LogP contribution < -0.4 is 15.4 Å². The predicted octanol–water partition coefficient (Wildman–Crippen LogP) is 2.22. The van der Waals surface area contributed by atoms with Gasteiger partial charge in [0.25, 0.3) is 5.91 Å². The van der Waals surface area contributed by atoms with Gasteiger partial charge in [0, 0.05) is 45.3 Å². The Morgan fingerprint density at radius 3 is 2.79 bits per heavy atom. The standard InChI is InChI=1S/C25H36N4O3S/c1-4-19-11-14-28(15-20(19)5-2)13-8-12-27-25(31)18-32-23-9-6-7-10-24(23)33-29-16-21(26-3)22(30)17-29/h4-7,9-10,21-22,26,30H,1-2,8,11-18H2,3H3,(H,27,31). The average molecular weight is 473 g/mol. The maximum atomic E-state index is 12.3. The smallest absolute Gasteiger partial charge is 0.257 e. The van der Waals surface area contributed by atoms with Gasteiger partial charge in [-0.05, 0) is 55.1 Å². The Morgan fingerprint density at radius 1 is 1.27 bits per heavy atom. The average Bonchev–Trinajstić information content (AvgIpc) is 3.19. The highest BCUT2D eigenvalue weighted by Crippen LogP contribution is 2.33. The van der Waals surface area contributed by atoms with Gasteiger partial charge in [-0.25, -0.2) is 4.31 Å². The van der Waals surface area contributed by atoms with Crippen LogP contribution in [0.2, 0.25) is 0 Å². The molecular weight excluding hydrogens is 436 g/mol. The molecule has 2 atom stereocenters. The summed E-state index contributed by atoms with van der Waals surface area (Å²) >= 11 is 1.55. The van der Waals surface area contributed by atoms with E-state index in [9.17, 15) is 9.90 Å². The lowest BCUT2D eigenvalue weighted by atomic mass is 10.00. The minimum Gasteiger partial charge on any atom is -0.483 e. The van der Waals surface area contributed by atoms with Gasteiger partial charge in [-0.2, -0.15) is 0 Å². The van der Waals surface area contributed by atoms with Gasteiger partial charge in [0.2, 0.25) is 0 Å². The van der Waals surface area contributed by atoms with Crippen LogP contribution in [0.1, 0.15) is 12.8 Å². The van der Waals surface area contributed by atoms with Crippen molar-refractivity contribution in [3.63, 3.8) is 0 Å². The molecule has 2 aliphatic rings. The summed E-state index contributed by atoms with van der Waals surface area (Å²) < 4.78 is 7.93. The number of rotatable bonds is 12. The Kier molecular flexibility index (Phi) is 10.0. The molecule has 3 rings (SSSR count). The number of carbonyl (C=O) groups excluding carboxylic acids is 1. The number of aliphatic hydroxyl groups is 1. The first kappa shape index (κ1) is 25.5. The van der Waals surface area contributed by atoms with Crippen molar-refractivity contribution in [2.75, 3.05) is 52.9 Å². The van der Waals surface area contributed by atoms with Crippen LogP contribution >= 0.6 is 11.9 Å². The second-order valence-corrected chi connectivity index (χ2v) is 9.46. The number of para-hydroxylation sites is 1. The lowest BCUT2D eigenvalue weighted by molar-refractivity contribution is -0.123. The van der Waals surface area contributed by atoms with Crippen molar-refractivity contribution < 1.29 is 14.6 Å². The van der Waals surface area contributed by atoms with E-state index in [-0.39, 0.29) is 18.6 Å². The Hall–Kier alpha value is -2.10. The summed E-state index contributed by atoms with van der Waals surface area (Å²) in [4.78, 5) is 15.6. The third-order valence-corrected chi connectivity index (χ3v) is 7.12. The van der Waals surface area contributed by atoms with Gasteiger partial charge in [-0.1, -0.05) is 37.4 Å². The van der Waals surface area contributed by atoms with E-state index in [1.54, 1.807) is 11.9 Å². The summed E-state index contributed by atoms with van der Waals surface area (Å²) in [6.45, 7) is 12.5. The highest BCUT2D eigenvalue weighted by molar-refractivity contribution is 7.97. The summed E-state index contributed by atoms with van der Waals surface area (Å²) in [5, 5.41) is 16.2. The lowest BCUT2D eigenvalue weighted by Crippen LogP contribution is -2.36. The zero-order valence-electron chi connectivity index (χ0n) is 19.5. The molecule has 0 saturated carbocycles. The van der Waals surface area contributed by atoms with E-state index in [2.05, 4.69) is 33.0 Å². The molecule has 8 heteroatoms. The van der Waals surface area contributed by atoms with Crippen molar-refractivity contribution in [3.05, 3.63) is 60.7 Å². The van der Waals surface area contributed by atoms with Crippen molar-refractivity contribution in [2.24, 2.45) is 0 Å². The molecule has 3 N–H and O–H groups in total. The number of hydrogen-bond donors (Lipinski definition) is 3. The van der Waals surface area contributed by atoms with Crippen molar-refractivity contribution in [3.8, 4) is 5.75 Å². The van der Waals surface area contributed by atoms with E-state index >= 15 is 0 Å². The highest BCUT2D eigenvalue weighted by atomic mass is 32.2. The summed E-state index contributed by atoms with van der Waals surface area (Å²) in [5.41, 5.74) is 2.53. The van der Waals surface area contributed by atoms with E-state index in [0.29, 0.717) is 18.8 Å². The van der Waals surface area contributed by atoms with Crippen LogP contribution in [-0.4, -0.2) is 85.3 Å². The van der Waals surface area contributed by atoms with Gasteiger partial charge < -0.3 is 20.5 Å². The van der Waals surface area contributed by atoms with E-state index in [1.165, 1.54) is 11.1 Å². The van der Waals surface area contributed by atoms with Gasteiger partial charge in [0.05, 0.1) is 11.0 Å². The number of ether oxygens (including phenoxy) is 1. The minimum absolute atomic E-state index is 0.0188. The fourth-order valence-corrected chi connectivity index (χ4v) is 5.20. The maximum absolute atomic E-state index is 12.3. The number of nitrogens with zero attached hydrogens (tertiary/aromatic N) is 2. The Morgan fingerprint density at radius 2 is 2.06 bits per heavy atom. The first-order valence-electron chi connectivity index (χ1n) is 11.5. The van der Waals surface area contributed by atoms with Crippen molar-refractivity contribution in [1.82, 2.24) is 19.8 Å². The summed E-state index contributed by atoms with van der Waals surface area (Å²) in [6.07, 6.45) is 5.33. The molecular formula is C25H36N4O3S. The SMILES string of the molecule is C=CC1=C(C=C)CN(CCCNC(=O)COc2ccccc2SN2CC(O)C(NC)C2)CC1. The van der Waals surface area contributed by atoms with Gasteiger partial charge in [-0.15, -0.1) is 0 Å². The Bertz CT molecular complexity index is 860. The van der Waals surface area contributed by atoms with Gasteiger partial charge in [-0.3, -0.25) is 9.69 Å². The Labute approximate surface area is 201 Å².